The molecule has 196 valence electrons. The number of nitrogens with zero attached hydrogens (tertiary/aromatic N) is 8. The number of anilines is 1. The van der Waals surface area contributed by atoms with Crippen molar-refractivity contribution in [2.24, 2.45) is 0 Å². The number of rotatable bonds is 6. The summed E-state index contributed by atoms with van der Waals surface area (Å²) in [6.07, 6.45) is 2.14. The fraction of sp³-hybridized carbons (Fsp3) is 0.167. The zero-order chi connectivity index (χ0) is 27.1. The zero-order valence-electron chi connectivity index (χ0n) is 20.1. The van der Waals surface area contributed by atoms with Crippen LogP contribution in [0.5, 0.6) is 0 Å². The number of amides is 1. The lowest BCUT2D eigenvalue weighted by atomic mass is 10.1. The maximum Gasteiger partial charge on any atom is 0.353 e. The Labute approximate surface area is 218 Å². The highest BCUT2D eigenvalue weighted by Gasteiger charge is 2.31. The van der Waals surface area contributed by atoms with Gasteiger partial charge in [-0.1, -0.05) is 23.3 Å². The second-order valence-electron chi connectivity index (χ2n) is 8.71. The van der Waals surface area contributed by atoms with Crippen molar-refractivity contribution in [2.75, 3.05) is 31.1 Å². The van der Waals surface area contributed by atoms with E-state index in [1.807, 2.05) is 35.2 Å². The maximum absolute atomic E-state index is 14.9. The number of hydrogen-bond acceptors (Lipinski definition) is 9. The molecule has 1 fully saturated rings. The van der Waals surface area contributed by atoms with Crippen LogP contribution in [-0.4, -0.2) is 94.2 Å². The zero-order valence-corrected chi connectivity index (χ0v) is 20.1. The second kappa shape index (κ2) is 9.44. The number of carboxylic acids is 1. The summed E-state index contributed by atoms with van der Waals surface area (Å²) in [5.41, 5.74) is 0.840. The number of aromatic carboxylic acids is 1. The maximum atomic E-state index is 14.9. The molecular formula is C24H19FN10O4. The van der Waals surface area contributed by atoms with E-state index in [1.165, 1.54) is 17.2 Å². The molecule has 15 heteroatoms. The van der Waals surface area contributed by atoms with Gasteiger partial charge < -0.3 is 19.9 Å². The molecule has 14 nitrogen and oxygen atoms in total. The molecule has 0 bridgehead atoms. The molecule has 0 radical (unpaired) electrons. The van der Waals surface area contributed by atoms with Gasteiger partial charge in [0.15, 0.2) is 5.82 Å². The van der Waals surface area contributed by atoms with E-state index in [4.69, 9.17) is 5.11 Å². The molecule has 0 aliphatic carbocycles. The van der Waals surface area contributed by atoms with Crippen molar-refractivity contribution in [3.8, 4) is 17.1 Å². The van der Waals surface area contributed by atoms with E-state index in [2.05, 4.69) is 35.7 Å². The molecule has 0 atom stereocenters. The van der Waals surface area contributed by atoms with Crippen LogP contribution in [0.4, 0.5) is 10.3 Å². The number of tetrazole rings is 1. The van der Waals surface area contributed by atoms with E-state index in [0.29, 0.717) is 19.0 Å². The number of halogens is 1. The van der Waals surface area contributed by atoms with Crippen LogP contribution in [0.3, 0.4) is 0 Å². The van der Waals surface area contributed by atoms with Crippen LogP contribution in [0.25, 0.3) is 28.0 Å². The summed E-state index contributed by atoms with van der Waals surface area (Å²) >= 11 is 0. The van der Waals surface area contributed by atoms with E-state index >= 15 is 0 Å². The van der Waals surface area contributed by atoms with Gasteiger partial charge in [0.1, 0.15) is 17.1 Å². The highest BCUT2D eigenvalue weighted by molar-refractivity contribution is 6.45. The number of Topliss-reactive ketones (excluding diaryl/α,β-unsaturated/α-hetero) is 1. The number of fused-ring (bicyclic) bond motifs is 1. The van der Waals surface area contributed by atoms with Gasteiger partial charge in [-0.25, -0.2) is 14.2 Å². The standard InChI is InChI=1S/C24H19FN10O4/c25-15-12-27-19(16-10-17(23(38)39)29-28-16)20-18(15)14(11-26-20)21(36)22(37)33-6-8-34(9-7-33)24-30-31-32-35(24)13-4-2-1-3-5-13/h1-5,10-12,26H,6-9H2,(H,28,29)(H,38,39). The first-order valence-corrected chi connectivity index (χ1v) is 11.8. The molecule has 0 saturated carbocycles. The van der Waals surface area contributed by atoms with Crippen molar-refractivity contribution < 1.29 is 23.9 Å². The first-order chi connectivity index (χ1) is 18.9. The normalized spacial score (nSPS) is 13.7. The number of piperazine rings is 1. The van der Waals surface area contributed by atoms with Gasteiger partial charge in [-0.15, -0.1) is 0 Å². The SMILES string of the molecule is O=C(O)c1cc(-c2ncc(F)c3c(C(=O)C(=O)N4CCN(c5nnnn5-c5ccccc5)CC4)c[nH]c23)n[nH]1. The topological polar surface area (TPSA) is 179 Å². The van der Waals surface area contributed by atoms with Crippen molar-refractivity contribution in [2.45, 2.75) is 0 Å². The first kappa shape index (κ1) is 23.9. The number of nitrogens with one attached hydrogen (secondary N) is 2. The van der Waals surface area contributed by atoms with E-state index in [1.54, 1.807) is 4.68 Å². The number of carbonyl (C=O) groups excluding carboxylic acids is 2. The van der Waals surface area contributed by atoms with Crippen molar-refractivity contribution >= 4 is 34.5 Å². The van der Waals surface area contributed by atoms with Gasteiger partial charge in [-0.3, -0.25) is 14.7 Å². The van der Waals surface area contributed by atoms with Gasteiger partial charge in [0.05, 0.1) is 28.4 Å². The van der Waals surface area contributed by atoms with Gasteiger partial charge >= 0.3 is 5.97 Å². The van der Waals surface area contributed by atoms with Crippen LogP contribution >= 0.6 is 0 Å². The number of aromatic nitrogens is 8. The average molecular weight is 530 g/mol. The third kappa shape index (κ3) is 4.14. The quantitative estimate of drug-likeness (QED) is 0.214. The molecule has 4 aromatic heterocycles. The molecule has 1 amide bonds. The van der Waals surface area contributed by atoms with Crippen molar-refractivity contribution in [3.05, 3.63) is 65.9 Å². The molecule has 5 heterocycles. The minimum absolute atomic E-state index is 0.118. The monoisotopic (exact) mass is 530 g/mol. The van der Waals surface area contributed by atoms with Gasteiger partial charge in [-0.05, 0) is 22.6 Å². The number of aromatic amines is 2. The summed E-state index contributed by atoms with van der Waals surface area (Å²) in [5.74, 6) is -3.17. The molecule has 0 spiro atoms. The predicted molar refractivity (Wildman–Crippen MR) is 133 cm³/mol. The number of benzene rings is 1. The van der Waals surface area contributed by atoms with Gasteiger partial charge in [-0.2, -0.15) is 9.78 Å². The molecule has 1 aromatic carbocycles. The summed E-state index contributed by atoms with van der Waals surface area (Å²) < 4.78 is 16.5. The number of carboxylic acid groups (broad SMARTS) is 1. The van der Waals surface area contributed by atoms with Gasteiger partial charge in [0, 0.05) is 38.4 Å². The number of hydrogen-bond donors (Lipinski definition) is 3. The van der Waals surface area contributed by atoms with Gasteiger partial charge in [0.2, 0.25) is 5.95 Å². The fourth-order valence-corrected chi connectivity index (χ4v) is 4.52. The van der Waals surface area contributed by atoms with Crippen LogP contribution in [0.2, 0.25) is 0 Å². The molecule has 39 heavy (non-hydrogen) atoms. The fourth-order valence-electron chi connectivity index (χ4n) is 4.52. The third-order valence-corrected chi connectivity index (χ3v) is 6.46. The second-order valence-corrected chi connectivity index (χ2v) is 8.71. The van der Waals surface area contributed by atoms with Crippen LogP contribution in [-0.2, 0) is 4.79 Å². The Morgan fingerprint density at radius 1 is 1.05 bits per heavy atom. The summed E-state index contributed by atoms with van der Waals surface area (Å²) in [5, 5.41) is 27.2. The summed E-state index contributed by atoms with van der Waals surface area (Å²) in [4.78, 5) is 47.7. The molecule has 1 aliphatic heterocycles. The Balaban J connectivity index is 1.21. The van der Waals surface area contributed by atoms with Crippen LogP contribution in [0.1, 0.15) is 20.8 Å². The Hall–Kier alpha value is -5.47. The average Bonchev–Trinajstić information content (AvgIpc) is 3.73. The highest BCUT2D eigenvalue weighted by Crippen LogP contribution is 2.30. The third-order valence-electron chi connectivity index (χ3n) is 6.46. The Kier molecular flexibility index (Phi) is 5.79. The molecule has 6 rings (SSSR count). The Bertz CT molecular complexity index is 1720. The molecule has 0 unspecified atom stereocenters. The molecule has 3 N–H and O–H groups in total. The van der Waals surface area contributed by atoms with E-state index in [9.17, 15) is 18.8 Å². The highest BCUT2D eigenvalue weighted by atomic mass is 19.1. The van der Waals surface area contributed by atoms with Crippen LogP contribution < -0.4 is 4.90 Å². The van der Waals surface area contributed by atoms with Crippen molar-refractivity contribution in [1.29, 1.82) is 0 Å². The van der Waals surface area contributed by atoms with Crippen LogP contribution in [0, 0.1) is 5.82 Å². The van der Waals surface area contributed by atoms with E-state index < -0.39 is 23.5 Å². The summed E-state index contributed by atoms with van der Waals surface area (Å²) in [6, 6.07) is 10.6. The number of pyridine rings is 1. The predicted octanol–water partition coefficient (Wildman–Crippen LogP) is 1.30. The lowest BCUT2D eigenvalue weighted by molar-refractivity contribution is -0.126. The molecule has 1 aliphatic rings. The lowest BCUT2D eigenvalue weighted by Gasteiger charge is -2.34. The number of ketones is 1. The first-order valence-electron chi connectivity index (χ1n) is 11.8. The van der Waals surface area contributed by atoms with Crippen LogP contribution in [0.15, 0.2) is 48.8 Å². The smallest absolute Gasteiger partial charge is 0.353 e. The van der Waals surface area contributed by atoms with Crippen molar-refractivity contribution in [3.63, 3.8) is 0 Å². The minimum atomic E-state index is -1.23. The number of H-pyrrole nitrogens is 2. The van der Waals surface area contributed by atoms with Gasteiger partial charge in [0.25, 0.3) is 11.7 Å². The Morgan fingerprint density at radius 2 is 1.82 bits per heavy atom. The Morgan fingerprint density at radius 3 is 2.54 bits per heavy atom. The number of carbonyl (C=O) groups is 3. The summed E-state index contributed by atoms with van der Waals surface area (Å²) in [7, 11) is 0. The van der Waals surface area contributed by atoms with Crippen molar-refractivity contribution in [1.82, 2.24) is 45.3 Å². The van der Waals surface area contributed by atoms with E-state index in [0.717, 1.165) is 11.9 Å². The molecule has 5 aromatic rings. The lowest BCUT2D eigenvalue weighted by Crippen LogP contribution is -2.51. The molecular weight excluding hydrogens is 511 g/mol. The van der Waals surface area contributed by atoms with E-state index in [-0.39, 0.29) is 46.6 Å². The number of para-hydroxylation sites is 1. The largest absolute Gasteiger partial charge is 0.477 e. The summed E-state index contributed by atoms with van der Waals surface area (Å²) in [6.45, 7) is 1.23. The minimum Gasteiger partial charge on any atom is -0.477 e. The molecule has 1 saturated heterocycles.